The van der Waals surface area contributed by atoms with Gasteiger partial charge in [0.15, 0.2) is 17.3 Å². The Morgan fingerprint density at radius 1 is 1.17 bits per heavy atom. The van der Waals surface area contributed by atoms with E-state index in [1.165, 1.54) is 49.5 Å². The van der Waals surface area contributed by atoms with Crippen molar-refractivity contribution < 1.29 is 27.1 Å². The predicted octanol–water partition coefficient (Wildman–Crippen LogP) is 6.49. The van der Waals surface area contributed by atoms with E-state index in [4.69, 9.17) is 10.00 Å². The molecule has 0 atom stereocenters. The van der Waals surface area contributed by atoms with Crippen molar-refractivity contribution in [2.45, 2.75) is 46.6 Å². The van der Waals surface area contributed by atoms with Crippen molar-refractivity contribution in [3.8, 4) is 17.6 Å². The van der Waals surface area contributed by atoms with Crippen LogP contribution in [0.15, 0.2) is 71.3 Å². The lowest BCUT2D eigenvalue weighted by molar-refractivity contribution is -0.115. The second-order valence-electron chi connectivity index (χ2n) is 8.41. The lowest BCUT2D eigenvalue weighted by atomic mass is 10.0. The summed E-state index contributed by atoms with van der Waals surface area (Å²) in [4.78, 5) is 29.7. The number of allylic oxidation sites excluding steroid dienone is 3. The minimum Gasteiger partial charge on any atom is -0.446 e. The highest BCUT2D eigenvalue weighted by Gasteiger charge is 2.34. The zero-order valence-electron chi connectivity index (χ0n) is 23.3. The zero-order chi connectivity index (χ0) is 30.7. The predicted molar refractivity (Wildman–Crippen MR) is 147 cm³/mol. The molecule has 0 bridgehead atoms. The number of benzene rings is 2. The number of carbonyl (C=O) groups is 1. The minimum absolute atomic E-state index is 0.168. The fraction of sp³-hybridized carbons (Fsp3) is 0.267. The maximum absolute atomic E-state index is 14.6. The summed E-state index contributed by atoms with van der Waals surface area (Å²) >= 11 is 0. The average Bonchev–Trinajstić information content (AvgIpc) is 2.95. The van der Waals surface area contributed by atoms with E-state index >= 15 is 0 Å². The number of rotatable bonds is 9. The molecular formula is C30H30F4N4O3. The third-order valence-corrected chi connectivity index (χ3v) is 5.48. The SMILES string of the molecule is CC.CC/C=C(/C=C(\C(=O)NC)c1ccc(F)cc1)Cn1cnc(C(C)(F)F)c(Oc2cccc(C#N)c2F)c1=O. The molecule has 0 fully saturated rings. The highest BCUT2D eigenvalue weighted by Crippen LogP contribution is 2.34. The van der Waals surface area contributed by atoms with E-state index in [0.717, 1.165) is 17.0 Å². The lowest BCUT2D eigenvalue weighted by Gasteiger charge is -2.17. The lowest BCUT2D eigenvalue weighted by Crippen LogP contribution is -2.27. The molecule has 1 N–H and O–H groups in total. The number of amides is 1. The first-order valence-corrected chi connectivity index (χ1v) is 12.7. The molecule has 3 rings (SSSR count). The van der Waals surface area contributed by atoms with Crippen molar-refractivity contribution >= 4 is 11.5 Å². The molecule has 0 radical (unpaired) electrons. The summed E-state index contributed by atoms with van der Waals surface area (Å²) in [6.07, 6.45) is 4.58. The molecule has 11 heteroatoms. The van der Waals surface area contributed by atoms with Gasteiger partial charge in [-0.3, -0.25) is 14.2 Å². The van der Waals surface area contributed by atoms with E-state index in [-0.39, 0.29) is 12.1 Å². The Bertz CT molecular complexity index is 1530. The third-order valence-electron chi connectivity index (χ3n) is 5.48. The summed E-state index contributed by atoms with van der Waals surface area (Å²) in [5.74, 6) is -7.22. The fourth-order valence-electron chi connectivity index (χ4n) is 3.63. The van der Waals surface area contributed by atoms with Gasteiger partial charge < -0.3 is 10.1 Å². The van der Waals surface area contributed by atoms with Gasteiger partial charge in [-0.05, 0) is 47.9 Å². The summed E-state index contributed by atoms with van der Waals surface area (Å²) in [5.41, 5.74) is -1.45. The number of hydrogen-bond donors (Lipinski definition) is 1. The number of likely N-dealkylation sites (N-methyl/N-ethyl adjacent to an activating group) is 1. The quantitative estimate of drug-likeness (QED) is 0.180. The van der Waals surface area contributed by atoms with Crippen LogP contribution in [0.1, 0.15) is 50.9 Å². The van der Waals surface area contributed by atoms with Crippen LogP contribution < -0.4 is 15.6 Å². The van der Waals surface area contributed by atoms with Crippen LogP contribution in [0.4, 0.5) is 17.6 Å². The standard InChI is InChI=1S/C28H24F4N4O3.C2H6/c1-4-6-17(13-21(26(37)34-3)18-9-11-20(29)12-10-18)15-36-16-35-25(28(2,31)32)24(27(36)38)39-22-8-5-7-19(14-33)23(22)30;1-2/h5-13,16H,4,15H2,1-3H3,(H,34,37);1-2H3/b17-6-,21-13-;. The normalized spacial score (nSPS) is 11.7. The van der Waals surface area contributed by atoms with Crippen molar-refractivity contribution in [3.63, 3.8) is 0 Å². The Kier molecular flexibility index (Phi) is 11.6. The van der Waals surface area contributed by atoms with Gasteiger partial charge in [0.25, 0.3) is 17.4 Å². The van der Waals surface area contributed by atoms with E-state index in [1.54, 1.807) is 12.1 Å². The molecule has 0 unspecified atom stereocenters. The number of ether oxygens (including phenoxy) is 1. The summed E-state index contributed by atoms with van der Waals surface area (Å²) < 4.78 is 63.0. The molecule has 0 spiro atoms. The third kappa shape index (κ3) is 8.14. The highest BCUT2D eigenvalue weighted by atomic mass is 19.3. The van der Waals surface area contributed by atoms with Gasteiger partial charge in [-0.2, -0.15) is 14.0 Å². The van der Waals surface area contributed by atoms with Crippen LogP contribution in [0.25, 0.3) is 5.57 Å². The first-order chi connectivity index (χ1) is 19.5. The highest BCUT2D eigenvalue weighted by molar-refractivity contribution is 6.19. The largest absolute Gasteiger partial charge is 0.446 e. The number of nitriles is 1. The fourth-order valence-corrected chi connectivity index (χ4v) is 3.63. The van der Waals surface area contributed by atoms with Crippen LogP contribution >= 0.6 is 0 Å². The number of nitrogens with one attached hydrogen (secondary N) is 1. The molecule has 1 heterocycles. The first kappa shape index (κ1) is 32.5. The van der Waals surface area contributed by atoms with E-state index in [2.05, 4.69) is 10.3 Å². The van der Waals surface area contributed by atoms with Crippen molar-refractivity contribution in [3.05, 3.63) is 105 Å². The molecule has 3 aromatic rings. The summed E-state index contributed by atoms with van der Waals surface area (Å²) in [6.45, 7) is 6.11. The van der Waals surface area contributed by atoms with Crippen LogP contribution in [0.5, 0.6) is 11.5 Å². The molecule has 0 aliphatic heterocycles. The molecule has 216 valence electrons. The molecule has 0 aliphatic rings. The Hall–Kier alpha value is -4.72. The maximum Gasteiger partial charge on any atom is 0.297 e. The Balaban J connectivity index is 0.00000287. The van der Waals surface area contributed by atoms with Gasteiger partial charge in [0.2, 0.25) is 5.75 Å². The maximum atomic E-state index is 14.6. The molecule has 41 heavy (non-hydrogen) atoms. The number of carbonyl (C=O) groups excluding carboxylic acids is 1. The number of halogens is 4. The number of aromatic nitrogens is 2. The van der Waals surface area contributed by atoms with Gasteiger partial charge in [-0.1, -0.05) is 45.0 Å². The number of nitrogens with zero attached hydrogens (tertiary/aromatic N) is 3. The summed E-state index contributed by atoms with van der Waals surface area (Å²) in [7, 11) is 1.42. The van der Waals surface area contributed by atoms with Gasteiger partial charge >= 0.3 is 0 Å². The number of alkyl halides is 2. The van der Waals surface area contributed by atoms with Gasteiger partial charge in [0.1, 0.15) is 11.9 Å². The Morgan fingerprint density at radius 2 is 1.83 bits per heavy atom. The van der Waals surface area contributed by atoms with Gasteiger partial charge in [0.05, 0.1) is 18.4 Å². The molecule has 0 saturated heterocycles. The van der Waals surface area contributed by atoms with E-state index < -0.39 is 51.8 Å². The second-order valence-corrected chi connectivity index (χ2v) is 8.41. The van der Waals surface area contributed by atoms with Crippen LogP contribution in [0, 0.1) is 23.0 Å². The van der Waals surface area contributed by atoms with E-state index in [0.29, 0.717) is 24.5 Å². The smallest absolute Gasteiger partial charge is 0.297 e. The van der Waals surface area contributed by atoms with E-state index in [9.17, 15) is 27.2 Å². The van der Waals surface area contributed by atoms with E-state index in [1.807, 2.05) is 20.8 Å². The first-order valence-electron chi connectivity index (χ1n) is 12.7. The molecule has 1 aromatic heterocycles. The zero-order valence-corrected chi connectivity index (χ0v) is 23.3. The Labute approximate surface area is 235 Å². The van der Waals surface area contributed by atoms with Crippen molar-refractivity contribution in [2.24, 2.45) is 0 Å². The van der Waals surface area contributed by atoms with Crippen LogP contribution in [-0.4, -0.2) is 22.5 Å². The monoisotopic (exact) mass is 570 g/mol. The van der Waals surface area contributed by atoms with Crippen molar-refractivity contribution in [1.29, 1.82) is 5.26 Å². The van der Waals surface area contributed by atoms with Crippen molar-refractivity contribution in [2.75, 3.05) is 7.05 Å². The van der Waals surface area contributed by atoms with Gasteiger partial charge in [0, 0.05) is 19.5 Å². The molecule has 2 aromatic carbocycles. The average molecular weight is 571 g/mol. The van der Waals surface area contributed by atoms with Gasteiger partial charge in [-0.15, -0.1) is 0 Å². The van der Waals surface area contributed by atoms with Crippen LogP contribution in [0.2, 0.25) is 0 Å². The Morgan fingerprint density at radius 3 is 2.39 bits per heavy atom. The number of hydrogen-bond acceptors (Lipinski definition) is 5. The van der Waals surface area contributed by atoms with Crippen LogP contribution in [-0.2, 0) is 17.3 Å². The topological polar surface area (TPSA) is 97.0 Å². The summed E-state index contributed by atoms with van der Waals surface area (Å²) in [5, 5.41) is 11.6. The van der Waals surface area contributed by atoms with Crippen molar-refractivity contribution in [1.82, 2.24) is 14.9 Å². The van der Waals surface area contributed by atoms with Gasteiger partial charge in [-0.25, -0.2) is 13.8 Å². The molecule has 7 nitrogen and oxygen atoms in total. The molecule has 0 saturated carbocycles. The second kappa shape index (κ2) is 14.6. The molecular weight excluding hydrogens is 540 g/mol. The van der Waals surface area contributed by atoms with Crippen LogP contribution in [0.3, 0.4) is 0 Å². The molecule has 0 aliphatic carbocycles. The summed E-state index contributed by atoms with van der Waals surface area (Å²) in [6, 6.07) is 10.4. The minimum atomic E-state index is -3.62. The molecule has 1 amide bonds.